The van der Waals surface area contributed by atoms with Crippen LogP contribution in [0, 0.1) is 13.8 Å². The Bertz CT molecular complexity index is 750. The zero-order valence-electron chi connectivity index (χ0n) is 14.0. The second kappa shape index (κ2) is 7.55. The maximum absolute atomic E-state index is 12.6. The summed E-state index contributed by atoms with van der Waals surface area (Å²) in [6, 6.07) is 11.5. The van der Waals surface area contributed by atoms with Gasteiger partial charge in [-0.3, -0.25) is 9.00 Å². The highest BCUT2D eigenvalue weighted by atomic mass is 32.2. The van der Waals surface area contributed by atoms with Gasteiger partial charge in [0.05, 0.1) is 12.9 Å². The van der Waals surface area contributed by atoms with Gasteiger partial charge in [-0.25, -0.2) is 0 Å². The van der Waals surface area contributed by atoms with Gasteiger partial charge in [-0.05, 0) is 50.1 Å². The van der Waals surface area contributed by atoms with Crippen molar-refractivity contribution in [2.45, 2.75) is 32.3 Å². The number of ketones is 1. The Morgan fingerprint density at radius 3 is 2.39 bits per heavy atom. The molecule has 122 valence electrons. The van der Waals surface area contributed by atoms with Crippen LogP contribution < -0.4 is 4.74 Å². The van der Waals surface area contributed by atoms with Gasteiger partial charge in [-0.2, -0.15) is 0 Å². The van der Waals surface area contributed by atoms with Crippen LogP contribution in [-0.4, -0.2) is 17.1 Å². The Hall–Kier alpha value is -1.94. The van der Waals surface area contributed by atoms with Crippen molar-refractivity contribution >= 4 is 16.6 Å². The molecule has 3 nitrogen and oxygen atoms in total. The van der Waals surface area contributed by atoms with Gasteiger partial charge in [0.2, 0.25) is 0 Å². The SMILES string of the molecule is COc1ccc(C(C)=O)cc1C[S@@](=O)Cc1cc(C)ccc1C. The van der Waals surface area contributed by atoms with Crippen molar-refractivity contribution in [3.05, 3.63) is 64.2 Å². The predicted octanol–water partition coefficient (Wildman–Crippen LogP) is 3.96. The first-order valence-corrected chi connectivity index (χ1v) is 8.98. The maximum Gasteiger partial charge on any atom is 0.159 e. The van der Waals surface area contributed by atoms with E-state index in [0.717, 1.165) is 16.7 Å². The smallest absolute Gasteiger partial charge is 0.159 e. The summed E-state index contributed by atoms with van der Waals surface area (Å²) < 4.78 is 17.9. The zero-order valence-corrected chi connectivity index (χ0v) is 14.8. The number of methoxy groups -OCH3 is 1. The molecule has 0 aliphatic heterocycles. The number of carbonyl (C=O) groups excluding carboxylic acids is 1. The van der Waals surface area contributed by atoms with Gasteiger partial charge in [-0.15, -0.1) is 0 Å². The van der Waals surface area contributed by atoms with Crippen LogP contribution in [0.2, 0.25) is 0 Å². The van der Waals surface area contributed by atoms with Gasteiger partial charge in [0.25, 0.3) is 0 Å². The minimum atomic E-state index is -1.07. The van der Waals surface area contributed by atoms with Gasteiger partial charge in [0.15, 0.2) is 5.78 Å². The Labute approximate surface area is 140 Å². The number of rotatable bonds is 6. The highest BCUT2D eigenvalue weighted by Gasteiger charge is 2.12. The normalized spacial score (nSPS) is 12.0. The Morgan fingerprint density at radius 1 is 1.04 bits per heavy atom. The second-order valence-corrected chi connectivity index (χ2v) is 7.20. The lowest BCUT2D eigenvalue weighted by atomic mass is 10.1. The summed E-state index contributed by atoms with van der Waals surface area (Å²) in [4.78, 5) is 11.5. The Kier molecular flexibility index (Phi) is 5.72. The number of hydrogen-bond donors (Lipinski definition) is 0. The molecule has 2 rings (SSSR count). The first-order valence-electron chi connectivity index (χ1n) is 7.49. The molecule has 0 heterocycles. The molecule has 0 amide bonds. The number of benzene rings is 2. The van der Waals surface area contributed by atoms with Crippen LogP contribution in [0.25, 0.3) is 0 Å². The van der Waals surface area contributed by atoms with E-state index in [4.69, 9.17) is 4.74 Å². The van der Waals surface area contributed by atoms with E-state index in [9.17, 15) is 9.00 Å². The van der Waals surface area contributed by atoms with Crippen molar-refractivity contribution in [2.75, 3.05) is 7.11 Å². The average Bonchev–Trinajstić information content (AvgIpc) is 2.50. The van der Waals surface area contributed by atoms with E-state index < -0.39 is 10.8 Å². The van der Waals surface area contributed by atoms with E-state index in [1.54, 1.807) is 25.3 Å². The van der Waals surface area contributed by atoms with Crippen molar-refractivity contribution in [3.8, 4) is 5.75 Å². The molecule has 0 unspecified atom stereocenters. The molecular formula is C19H22O3S. The first kappa shape index (κ1) is 17.4. The summed E-state index contributed by atoms with van der Waals surface area (Å²) in [5.74, 6) is 1.54. The fourth-order valence-electron chi connectivity index (χ4n) is 2.46. The minimum absolute atomic E-state index is 0.00536. The molecule has 4 heteroatoms. The van der Waals surface area contributed by atoms with Crippen LogP contribution in [0.4, 0.5) is 0 Å². The second-order valence-electron chi connectivity index (χ2n) is 5.74. The fourth-order valence-corrected chi connectivity index (χ4v) is 3.80. The fraction of sp³-hybridized carbons (Fsp3) is 0.316. The van der Waals surface area contributed by atoms with Crippen molar-refractivity contribution in [1.29, 1.82) is 0 Å². The van der Waals surface area contributed by atoms with Crippen LogP contribution in [0.5, 0.6) is 5.75 Å². The van der Waals surface area contributed by atoms with Crippen molar-refractivity contribution in [3.63, 3.8) is 0 Å². The van der Waals surface area contributed by atoms with Gasteiger partial charge >= 0.3 is 0 Å². The lowest BCUT2D eigenvalue weighted by Gasteiger charge is -2.11. The molecular weight excluding hydrogens is 308 g/mol. The lowest BCUT2D eigenvalue weighted by Crippen LogP contribution is -2.04. The van der Waals surface area contributed by atoms with E-state index in [2.05, 4.69) is 18.2 Å². The van der Waals surface area contributed by atoms with E-state index in [0.29, 0.717) is 22.8 Å². The number of aryl methyl sites for hydroxylation is 2. The third kappa shape index (κ3) is 4.52. The van der Waals surface area contributed by atoms with Crippen LogP contribution in [0.1, 0.15) is 39.5 Å². The van der Waals surface area contributed by atoms with E-state index in [-0.39, 0.29) is 5.78 Å². The summed E-state index contributed by atoms with van der Waals surface area (Å²) in [5, 5.41) is 0. The quantitative estimate of drug-likeness (QED) is 0.753. The molecule has 0 saturated carbocycles. The molecule has 0 aliphatic rings. The van der Waals surface area contributed by atoms with Crippen LogP contribution >= 0.6 is 0 Å². The molecule has 0 bridgehead atoms. The maximum atomic E-state index is 12.6. The highest BCUT2D eigenvalue weighted by molar-refractivity contribution is 7.83. The molecule has 1 atom stereocenters. The predicted molar refractivity (Wildman–Crippen MR) is 94.5 cm³/mol. The van der Waals surface area contributed by atoms with Crippen LogP contribution in [-0.2, 0) is 22.3 Å². The Morgan fingerprint density at radius 2 is 1.74 bits per heavy atom. The third-order valence-corrected chi connectivity index (χ3v) is 5.09. The number of hydrogen-bond acceptors (Lipinski definition) is 3. The summed E-state index contributed by atoms with van der Waals surface area (Å²) in [7, 11) is 0.518. The molecule has 0 aliphatic carbocycles. The van der Waals surface area contributed by atoms with E-state index in [1.165, 1.54) is 12.5 Å². The topological polar surface area (TPSA) is 43.4 Å². The first-order chi connectivity index (χ1) is 10.9. The molecule has 2 aromatic rings. The molecule has 0 spiro atoms. The van der Waals surface area contributed by atoms with Gasteiger partial charge in [-0.1, -0.05) is 23.8 Å². The molecule has 0 aromatic heterocycles. The minimum Gasteiger partial charge on any atom is -0.496 e. The average molecular weight is 330 g/mol. The summed E-state index contributed by atoms with van der Waals surface area (Å²) in [6.07, 6.45) is 0. The standard InChI is InChI=1S/C19H22O3S/c1-13-5-6-14(2)17(9-13)11-23(21)12-18-10-16(15(3)20)7-8-19(18)22-4/h5-10H,11-12H2,1-4H3/t23-/m0/s1. The van der Waals surface area contributed by atoms with Gasteiger partial charge < -0.3 is 4.74 Å². The van der Waals surface area contributed by atoms with Crippen molar-refractivity contribution in [1.82, 2.24) is 0 Å². The monoisotopic (exact) mass is 330 g/mol. The third-order valence-electron chi connectivity index (χ3n) is 3.82. The van der Waals surface area contributed by atoms with E-state index in [1.807, 2.05) is 13.8 Å². The van der Waals surface area contributed by atoms with Gasteiger partial charge in [0.1, 0.15) is 5.75 Å². The molecule has 0 fully saturated rings. The molecule has 2 aromatic carbocycles. The van der Waals surface area contributed by atoms with Gasteiger partial charge in [0, 0.05) is 27.7 Å². The zero-order chi connectivity index (χ0) is 17.0. The summed E-state index contributed by atoms with van der Waals surface area (Å²) in [5.41, 5.74) is 4.84. The summed E-state index contributed by atoms with van der Waals surface area (Å²) in [6.45, 7) is 5.59. The summed E-state index contributed by atoms with van der Waals surface area (Å²) >= 11 is 0. The number of Topliss-reactive ketones (excluding diaryl/α,β-unsaturated/α-hetero) is 1. The largest absolute Gasteiger partial charge is 0.496 e. The number of ether oxygens (including phenoxy) is 1. The Balaban J connectivity index is 2.21. The number of carbonyl (C=O) groups is 1. The van der Waals surface area contributed by atoms with Crippen LogP contribution in [0.3, 0.4) is 0 Å². The molecule has 0 N–H and O–H groups in total. The highest BCUT2D eigenvalue weighted by Crippen LogP contribution is 2.23. The van der Waals surface area contributed by atoms with Crippen LogP contribution in [0.15, 0.2) is 36.4 Å². The molecule has 23 heavy (non-hydrogen) atoms. The molecule has 0 saturated heterocycles. The van der Waals surface area contributed by atoms with Crippen molar-refractivity contribution in [2.24, 2.45) is 0 Å². The molecule has 0 radical (unpaired) electrons. The lowest BCUT2D eigenvalue weighted by molar-refractivity contribution is 0.101. The van der Waals surface area contributed by atoms with Crippen molar-refractivity contribution < 1.29 is 13.7 Å². The van der Waals surface area contributed by atoms with E-state index >= 15 is 0 Å².